The fourth-order valence-corrected chi connectivity index (χ4v) is 2.29. The van der Waals surface area contributed by atoms with Gasteiger partial charge in [0.25, 0.3) is 11.8 Å². The third kappa shape index (κ3) is 3.90. The molecular formula is C14H14BrFN2O2. The lowest BCUT2D eigenvalue weighted by Crippen LogP contribution is -2.41. The van der Waals surface area contributed by atoms with Gasteiger partial charge in [-0.05, 0) is 59.8 Å². The summed E-state index contributed by atoms with van der Waals surface area (Å²) in [5.41, 5.74) is 5.85. The number of hydrogen-bond acceptors (Lipinski definition) is 2. The van der Waals surface area contributed by atoms with Gasteiger partial charge < -0.3 is 0 Å². The molecule has 2 amide bonds. The smallest absolute Gasteiger partial charge is 0.268 e. The number of rotatable bonds is 3. The normalized spacial score (nSPS) is 14.8. The predicted octanol–water partition coefficient (Wildman–Crippen LogP) is 2.71. The molecular weight excluding hydrogens is 327 g/mol. The van der Waals surface area contributed by atoms with Gasteiger partial charge in [-0.3, -0.25) is 20.4 Å². The molecule has 1 aromatic carbocycles. The van der Waals surface area contributed by atoms with Gasteiger partial charge in [0.2, 0.25) is 0 Å². The van der Waals surface area contributed by atoms with Crippen molar-refractivity contribution in [2.45, 2.75) is 19.8 Å². The fourth-order valence-electron chi connectivity index (χ4n) is 1.76. The van der Waals surface area contributed by atoms with Crippen LogP contribution in [0.3, 0.4) is 0 Å². The molecule has 0 radical (unpaired) electrons. The molecule has 1 aliphatic rings. The first-order valence-electron chi connectivity index (χ1n) is 6.21. The Morgan fingerprint density at radius 1 is 1.35 bits per heavy atom. The van der Waals surface area contributed by atoms with Crippen LogP contribution in [0.1, 0.15) is 30.1 Å². The lowest BCUT2D eigenvalue weighted by molar-refractivity contribution is -0.117. The maximum absolute atomic E-state index is 12.9. The molecule has 0 aromatic heterocycles. The minimum atomic E-state index is -0.511. The average molecular weight is 341 g/mol. The highest BCUT2D eigenvalue weighted by atomic mass is 79.9. The van der Waals surface area contributed by atoms with Crippen molar-refractivity contribution in [3.63, 3.8) is 0 Å². The quantitative estimate of drug-likeness (QED) is 0.656. The molecule has 1 fully saturated rings. The van der Waals surface area contributed by atoms with Crippen molar-refractivity contribution in [3.05, 3.63) is 45.7 Å². The van der Waals surface area contributed by atoms with Crippen LogP contribution in [0.2, 0.25) is 0 Å². The second kappa shape index (κ2) is 6.17. The number of allylic oxidation sites excluding steroid dienone is 1. The SMILES string of the molecule is C/C(=C\C(=O)NNC(=O)c1ccc(F)cc1Br)C1CC1. The lowest BCUT2D eigenvalue weighted by Gasteiger charge is -2.07. The van der Waals surface area contributed by atoms with Crippen LogP contribution in [-0.4, -0.2) is 11.8 Å². The van der Waals surface area contributed by atoms with Gasteiger partial charge in [-0.2, -0.15) is 0 Å². The summed E-state index contributed by atoms with van der Waals surface area (Å²) in [7, 11) is 0. The minimum absolute atomic E-state index is 0.245. The number of carbonyl (C=O) groups is 2. The molecule has 4 nitrogen and oxygen atoms in total. The van der Waals surface area contributed by atoms with Gasteiger partial charge >= 0.3 is 0 Å². The Labute approximate surface area is 124 Å². The number of benzene rings is 1. The maximum atomic E-state index is 12.9. The zero-order valence-electron chi connectivity index (χ0n) is 10.9. The van der Waals surface area contributed by atoms with E-state index in [-0.39, 0.29) is 11.5 Å². The van der Waals surface area contributed by atoms with Crippen LogP contribution in [0.15, 0.2) is 34.3 Å². The van der Waals surface area contributed by atoms with Crippen molar-refractivity contribution in [3.8, 4) is 0 Å². The Morgan fingerprint density at radius 3 is 2.65 bits per heavy atom. The van der Waals surface area contributed by atoms with E-state index < -0.39 is 11.7 Å². The highest BCUT2D eigenvalue weighted by Gasteiger charge is 2.23. The largest absolute Gasteiger partial charge is 0.270 e. The van der Waals surface area contributed by atoms with E-state index >= 15 is 0 Å². The molecule has 0 heterocycles. The predicted molar refractivity (Wildman–Crippen MR) is 76.2 cm³/mol. The summed E-state index contributed by atoms with van der Waals surface area (Å²) in [5, 5.41) is 0. The molecule has 2 rings (SSSR count). The first-order chi connectivity index (χ1) is 9.47. The molecule has 0 aliphatic heterocycles. The first-order valence-corrected chi connectivity index (χ1v) is 7.00. The monoisotopic (exact) mass is 340 g/mol. The molecule has 106 valence electrons. The van der Waals surface area contributed by atoms with E-state index in [0.717, 1.165) is 18.4 Å². The number of hydrazine groups is 1. The second-order valence-electron chi connectivity index (χ2n) is 4.73. The highest BCUT2D eigenvalue weighted by Crippen LogP contribution is 2.35. The van der Waals surface area contributed by atoms with E-state index in [2.05, 4.69) is 26.8 Å². The molecule has 1 aliphatic carbocycles. The summed E-state index contributed by atoms with van der Waals surface area (Å²) < 4.78 is 13.2. The van der Waals surface area contributed by atoms with Crippen molar-refractivity contribution in [1.29, 1.82) is 0 Å². The van der Waals surface area contributed by atoms with Gasteiger partial charge in [-0.1, -0.05) is 5.57 Å². The summed E-state index contributed by atoms with van der Waals surface area (Å²) in [5.74, 6) is -0.827. The van der Waals surface area contributed by atoms with Crippen LogP contribution < -0.4 is 10.9 Å². The molecule has 0 bridgehead atoms. The molecule has 6 heteroatoms. The Kier molecular flexibility index (Phi) is 4.54. The Balaban J connectivity index is 1.91. The standard InChI is InChI=1S/C14H14BrFN2O2/c1-8(9-2-3-9)6-13(19)17-18-14(20)11-5-4-10(16)7-12(11)15/h4-7,9H,2-3H2,1H3,(H,17,19)(H,18,20)/b8-6+. The lowest BCUT2D eigenvalue weighted by atomic mass is 10.2. The number of halogens is 2. The van der Waals surface area contributed by atoms with Gasteiger partial charge in [0, 0.05) is 10.5 Å². The van der Waals surface area contributed by atoms with Gasteiger partial charge in [-0.25, -0.2) is 4.39 Å². The van der Waals surface area contributed by atoms with Gasteiger partial charge in [0.1, 0.15) is 5.82 Å². The second-order valence-corrected chi connectivity index (χ2v) is 5.58. The van der Waals surface area contributed by atoms with E-state index in [1.54, 1.807) is 0 Å². The van der Waals surface area contributed by atoms with Crippen molar-refractivity contribution < 1.29 is 14.0 Å². The summed E-state index contributed by atoms with van der Waals surface area (Å²) in [6, 6.07) is 3.71. The average Bonchev–Trinajstić information content (AvgIpc) is 3.20. The summed E-state index contributed by atoms with van der Waals surface area (Å²) in [6.45, 7) is 1.90. The molecule has 0 atom stereocenters. The van der Waals surface area contributed by atoms with E-state index in [0.29, 0.717) is 10.4 Å². The minimum Gasteiger partial charge on any atom is -0.268 e. The van der Waals surface area contributed by atoms with E-state index in [1.165, 1.54) is 24.3 Å². The molecule has 0 unspecified atom stereocenters. The Morgan fingerprint density at radius 2 is 2.05 bits per heavy atom. The molecule has 1 aromatic rings. The van der Waals surface area contributed by atoms with Crippen molar-refractivity contribution in [2.24, 2.45) is 5.92 Å². The van der Waals surface area contributed by atoms with Gasteiger partial charge in [0.15, 0.2) is 0 Å². The van der Waals surface area contributed by atoms with Crippen molar-refractivity contribution in [1.82, 2.24) is 10.9 Å². The summed E-state index contributed by atoms with van der Waals surface area (Å²) in [6.07, 6.45) is 3.71. The fraction of sp³-hybridized carbons (Fsp3) is 0.286. The molecule has 0 saturated heterocycles. The number of nitrogens with one attached hydrogen (secondary N) is 2. The third-order valence-electron chi connectivity index (χ3n) is 3.06. The Bertz CT molecular complexity index is 583. The first kappa shape index (κ1) is 14.7. The number of amides is 2. The van der Waals surface area contributed by atoms with Crippen LogP contribution in [0.4, 0.5) is 4.39 Å². The summed E-state index contributed by atoms with van der Waals surface area (Å²) >= 11 is 3.10. The van der Waals surface area contributed by atoms with E-state index in [9.17, 15) is 14.0 Å². The zero-order valence-corrected chi connectivity index (χ0v) is 12.5. The van der Waals surface area contributed by atoms with Crippen LogP contribution in [-0.2, 0) is 4.79 Å². The topological polar surface area (TPSA) is 58.2 Å². The summed E-state index contributed by atoms with van der Waals surface area (Å²) in [4.78, 5) is 23.4. The molecule has 20 heavy (non-hydrogen) atoms. The van der Waals surface area contributed by atoms with Crippen LogP contribution in [0.5, 0.6) is 0 Å². The van der Waals surface area contributed by atoms with Crippen LogP contribution in [0, 0.1) is 11.7 Å². The maximum Gasteiger partial charge on any atom is 0.270 e. The van der Waals surface area contributed by atoms with Gasteiger partial charge in [0.05, 0.1) is 5.56 Å². The van der Waals surface area contributed by atoms with Crippen molar-refractivity contribution >= 4 is 27.7 Å². The zero-order chi connectivity index (χ0) is 14.7. The number of hydrogen-bond donors (Lipinski definition) is 2. The Hall–Kier alpha value is -1.69. The van der Waals surface area contributed by atoms with Crippen LogP contribution in [0.25, 0.3) is 0 Å². The molecule has 0 spiro atoms. The third-order valence-corrected chi connectivity index (χ3v) is 3.71. The number of carbonyl (C=O) groups excluding carboxylic acids is 2. The van der Waals surface area contributed by atoms with Crippen molar-refractivity contribution in [2.75, 3.05) is 0 Å². The van der Waals surface area contributed by atoms with E-state index in [1.807, 2.05) is 6.92 Å². The molecule has 2 N–H and O–H groups in total. The van der Waals surface area contributed by atoms with Crippen LogP contribution >= 0.6 is 15.9 Å². The highest BCUT2D eigenvalue weighted by molar-refractivity contribution is 9.10. The van der Waals surface area contributed by atoms with Gasteiger partial charge in [-0.15, -0.1) is 0 Å². The molecule has 1 saturated carbocycles. The van der Waals surface area contributed by atoms with E-state index in [4.69, 9.17) is 0 Å².